The van der Waals surface area contributed by atoms with E-state index in [4.69, 9.17) is 0 Å². The zero-order chi connectivity index (χ0) is 13.9. The van der Waals surface area contributed by atoms with Crippen molar-refractivity contribution in [3.63, 3.8) is 0 Å². The van der Waals surface area contributed by atoms with E-state index in [2.05, 4.69) is 73.6 Å². The molecule has 104 valence electrons. The minimum Gasteiger partial charge on any atom is -0.306 e. The van der Waals surface area contributed by atoms with E-state index in [9.17, 15) is 0 Å². The zero-order valence-electron chi connectivity index (χ0n) is 12.4. The molecular weight excluding hydrogens is 242 g/mol. The van der Waals surface area contributed by atoms with Gasteiger partial charge in [0, 0.05) is 12.0 Å². The van der Waals surface area contributed by atoms with Crippen molar-refractivity contribution in [3.05, 3.63) is 71.3 Å². The molecule has 0 aromatic heterocycles. The number of fused-ring (bicyclic) bond motifs is 1. The van der Waals surface area contributed by atoms with Gasteiger partial charge in [-0.15, -0.1) is 0 Å². The molecule has 1 aliphatic rings. The molecule has 0 saturated carbocycles. The van der Waals surface area contributed by atoms with E-state index in [1.165, 1.54) is 36.0 Å². The van der Waals surface area contributed by atoms with Crippen LogP contribution in [0.25, 0.3) is 0 Å². The molecule has 0 spiro atoms. The fourth-order valence-corrected chi connectivity index (χ4v) is 3.41. The average Bonchev–Trinajstić information content (AvgIpc) is 2.68. The fourth-order valence-electron chi connectivity index (χ4n) is 3.41. The Hall–Kier alpha value is -1.60. The molecule has 0 aliphatic heterocycles. The summed E-state index contributed by atoms with van der Waals surface area (Å²) >= 11 is 0. The molecule has 2 atom stereocenters. The second kappa shape index (κ2) is 5.80. The van der Waals surface area contributed by atoms with Crippen LogP contribution in [0.2, 0.25) is 0 Å². The summed E-state index contributed by atoms with van der Waals surface area (Å²) in [6, 6.07) is 20.6. The van der Waals surface area contributed by atoms with Crippen LogP contribution in [0.5, 0.6) is 0 Å². The maximum absolute atomic E-state index is 2.39. The van der Waals surface area contributed by atoms with Crippen molar-refractivity contribution >= 4 is 0 Å². The molecule has 20 heavy (non-hydrogen) atoms. The van der Waals surface area contributed by atoms with Gasteiger partial charge in [0.15, 0.2) is 0 Å². The lowest BCUT2D eigenvalue weighted by Gasteiger charge is -2.26. The van der Waals surface area contributed by atoms with E-state index in [1.54, 1.807) is 0 Å². The molecule has 2 aromatic rings. The van der Waals surface area contributed by atoms with Crippen LogP contribution in [0.4, 0.5) is 0 Å². The molecule has 0 unspecified atom stereocenters. The van der Waals surface area contributed by atoms with Gasteiger partial charge < -0.3 is 4.90 Å². The Morgan fingerprint density at radius 1 is 0.900 bits per heavy atom. The lowest BCUT2D eigenvalue weighted by atomic mass is 9.85. The second-order valence-electron chi connectivity index (χ2n) is 6.05. The molecule has 1 aliphatic carbocycles. The summed E-state index contributed by atoms with van der Waals surface area (Å²) in [5, 5.41) is 0. The van der Waals surface area contributed by atoms with E-state index < -0.39 is 0 Å². The Morgan fingerprint density at radius 2 is 1.60 bits per heavy atom. The lowest BCUT2D eigenvalue weighted by molar-refractivity contribution is 0.262. The van der Waals surface area contributed by atoms with Crippen LogP contribution in [0.15, 0.2) is 54.6 Å². The Bertz CT molecular complexity index is 559. The summed E-state index contributed by atoms with van der Waals surface area (Å²) in [5.74, 6) is 0.530. The highest BCUT2D eigenvalue weighted by Gasteiger charge is 2.26. The van der Waals surface area contributed by atoms with Crippen molar-refractivity contribution in [3.8, 4) is 0 Å². The van der Waals surface area contributed by atoms with E-state index in [-0.39, 0.29) is 0 Å². The largest absolute Gasteiger partial charge is 0.306 e. The maximum Gasteiger partial charge on any atom is 0.0107 e. The van der Waals surface area contributed by atoms with Gasteiger partial charge in [-0.25, -0.2) is 0 Å². The van der Waals surface area contributed by atoms with Crippen LogP contribution in [-0.2, 0) is 6.42 Å². The third-order valence-electron chi connectivity index (χ3n) is 4.62. The predicted molar refractivity (Wildman–Crippen MR) is 85.1 cm³/mol. The molecule has 2 aromatic carbocycles. The first-order chi connectivity index (χ1) is 9.75. The molecule has 0 amide bonds. The highest BCUT2D eigenvalue weighted by Crippen LogP contribution is 2.36. The Morgan fingerprint density at radius 3 is 2.35 bits per heavy atom. The van der Waals surface area contributed by atoms with Crippen LogP contribution >= 0.6 is 0 Å². The normalized spacial score (nSPS) is 22.4. The first-order valence-corrected chi connectivity index (χ1v) is 7.55. The van der Waals surface area contributed by atoms with E-state index in [0.717, 1.165) is 0 Å². The van der Waals surface area contributed by atoms with Gasteiger partial charge in [-0.1, -0.05) is 54.6 Å². The SMILES string of the molecule is CN(C)[C@H]1CCc2ccccc2[C@H](c2ccccc2)C1. The second-order valence-corrected chi connectivity index (χ2v) is 6.05. The van der Waals surface area contributed by atoms with E-state index >= 15 is 0 Å². The summed E-state index contributed by atoms with van der Waals surface area (Å²) in [7, 11) is 4.42. The van der Waals surface area contributed by atoms with Crippen LogP contribution in [-0.4, -0.2) is 25.0 Å². The van der Waals surface area contributed by atoms with Gasteiger partial charge in [-0.3, -0.25) is 0 Å². The molecule has 1 heteroatoms. The molecule has 0 radical (unpaired) electrons. The number of benzene rings is 2. The average molecular weight is 265 g/mol. The third-order valence-corrected chi connectivity index (χ3v) is 4.62. The Labute approximate surface area is 122 Å². The number of aryl methyl sites for hydroxylation is 1. The van der Waals surface area contributed by atoms with Crippen molar-refractivity contribution in [2.45, 2.75) is 31.2 Å². The van der Waals surface area contributed by atoms with Crippen molar-refractivity contribution in [1.82, 2.24) is 4.90 Å². The minimum atomic E-state index is 0.530. The number of nitrogens with zero attached hydrogens (tertiary/aromatic N) is 1. The van der Waals surface area contributed by atoms with Gasteiger partial charge in [0.25, 0.3) is 0 Å². The molecule has 0 fully saturated rings. The van der Waals surface area contributed by atoms with Gasteiger partial charge >= 0.3 is 0 Å². The van der Waals surface area contributed by atoms with Gasteiger partial charge in [-0.05, 0) is 50.0 Å². The molecule has 3 rings (SSSR count). The summed E-state index contributed by atoms with van der Waals surface area (Å²) in [6.07, 6.45) is 3.67. The molecule has 0 bridgehead atoms. The molecule has 1 nitrogen and oxygen atoms in total. The van der Waals surface area contributed by atoms with Crippen molar-refractivity contribution in [2.75, 3.05) is 14.1 Å². The third kappa shape index (κ3) is 2.64. The fraction of sp³-hybridized carbons (Fsp3) is 0.368. The van der Waals surface area contributed by atoms with Gasteiger partial charge in [0.05, 0.1) is 0 Å². The van der Waals surface area contributed by atoms with Gasteiger partial charge in [-0.2, -0.15) is 0 Å². The number of hydrogen-bond donors (Lipinski definition) is 0. The highest BCUT2D eigenvalue weighted by molar-refractivity contribution is 5.39. The minimum absolute atomic E-state index is 0.530. The van der Waals surface area contributed by atoms with Gasteiger partial charge in [0.2, 0.25) is 0 Å². The monoisotopic (exact) mass is 265 g/mol. The lowest BCUT2D eigenvalue weighted by Crippen LogP contribution is -2.29. The smallest absolute Gasteiger partial charge is 0.0107 e. The van der Waals surface area contributed by atoms with Crippen LogP contribution in [0, 0.1) is 0 Å². The summed E-state index contributed by atoms with van der Waals surface area (Å²) < 4.78 is 0. The molecular formula is C19H23N. The Kier molecular flexibility index (Phi) is 3.88. The predicted octanol–water partition coefficient (Wildman–Crippen LogP) is 4.09. The highest BCUT2D eigenvalue weighted by atomic mass is 15.1. The maximum atomic E-state index is 2.39. The first-order valence-electron chi connectivity index (χ1n) is 7.55. The van der Waals surface area contributed by atoms with Gasteiger partial charge in [0.1, 0.15) is 0 Å². The van der Waals surface area contributed by atoms with Crippen molar-refractivity contribution < 1.29 is 0 Å². The number of rotatable bonds is 2. The van der Waals surface area contributed by atoms with Crippen LogP contribution < -0.4 is 0 Å². The number of hydrogen-bond acceptors (Lipinski definition) is 1. The summed E-state index contributed by atoms with van der Waals surface area (Å²) in [5.41, 5.74) is 4.52. The summed E-state index contributed by atoms with van der Waals surface area (Å²) in [6.45, 7) is 0. The van der Waals surface area contributed by atoms with Crippen molar-refractivity contribution in [1.29, 1.82) is 0 Å². The zero-order valence-corrected chi connectivity index (χ0v) is 12.4. The van der Waals surface area contributed by atoms with E-state index in [0.29, 0.717) is 12.0 Å². The molecule has 0 N–H and O–H groups in total. The topological polar surface area (TPSA) is 3.24 Å². The quantitative estimate of drug-likeness (QED) is 0.739. The first kappa shape index (κ1) is 13.4. The van der Waals surface area contributed by atoms with Crippen LogP contribution in [0.1, 0.15) is 35.4 Å². The Balaban J connectivity index is 2.03. The van der Waals surface area contributed by atoms with E-state index in [1.807, 2.05) is 0 Å². The standard InChI is InChI=1S/C19H23N/c1-20(2)17-13-12-16-10-6-7-11-18(16)19(14-17)15-8-4-3-5-9-15/h3-11,17,19H,12-14H2,1-2H3/t17-,19-/m0/s1. The molecule has 0 heterocycles. The van der Waals surface area contributed by atoms with Crippen LogP contribution in [0.3, 0.4) is 0 Å². The molecule has 0 saturated heterocycles. The van der Waals surface area contributed by atoms with Crippen molar-refractivity contribution in [2.24, 2.45) is 0 Å². The summed E-state index contributed by atoms with van der Waals surface area (Å²) in [4.78, 5) is 2.39.